The van der Waals surface area contributed by atoms with E-state index in [2.05, 4.69) is 0 Å². The van der Waals surface area contributed by atoms with Crippen LogP contribution in [0.5, 0.6) is 0 Å². The molecule has 0 unspecified atom stereocenters. The Morgan fingerprint density at radius 1 is 1.21 bits per heavy atom. The molecule has 0 atom stereocenters. The molecule has 0 aliphatic carbocycles. The predicted molar refractivity (Wildman–Crippen MR) is 75.3 cm³/mol. The normalized spacial score (nSPS) is 10.3. The van der Waals surface area contributed by atoms with Gasteiger partial charge in [-0.3, -0.25) is 4.79 Å². The van der Waals surface area contributed by atoms with Gasteiger partial charge < -0.3 is 10.6 Å². The number of hydrogen-bond donors (Lipinski definition) is 1. The molecular weight excluding hydrogens is 243 g/mol. The molecule has 0 aliphatic rings. The molecule has 0 spiro atoms. The second-order valence-corrected chi connectivity index (χ2v) is 4.34. The fourth-order valence-corrected chi connectivity index (χ4v) is 1.94. The maximum Gasteiger partial charge on any atom is 0.161 e. The van der Waals surface area contributed by atoms with Crippen LogP contribution in [-0.4, -0.2) is 12.8 Å². The van der Waals surface area contributed by atoms with Crippen molar-refractivity contribution in [2.45, 2.75) is 6.92 Å². The van der Waals surface area contributed by atoms with E-state index in [1.165, 1.54) is 13.0 Å². The van der Waals surface area contributed by atoms with Crippen LogP contribution in [0.4, 0.5) is 21.5 Å². The summed E-state index contributed by atoms with van der Waals surface area (Å²) in [5.41, 5.74) is 7.89. The lowest BCUT2D eigenvalue weighted by atomic mass is 10.1. The summed E-state index contributed by atoms with van der Waals surface area (Å²) >= 11 is 0. The van der Waals surface area contributed by atoms with Crippen LogP contribution in [0.15, 0.2) is 42.5 Å². The summed E-state index contributed by atoms with van der Waals surface area (Å²) in [4.78, 5) is 13.0. The maximum atomic E-state index is 13.7. The zero-order valence-corrected chi connectivity index (χ0v) is 10.9. The lowest BCUT2D eigenvalue weighted by molar-refractivity contribution is 0.101. The van der Waals surface area contributed by atoms with Crippen molar-refractivity contribution in [3.05, 3.63) is 53.8 Å². The molecule has 2 rings (SSSR count). The first-order valence-corrected chi connectivity index (χ1v) is 5.89. The van der Waals surface area contributed by atoms with Crippen molar-refractivity contribution in [3.8, 4) is 0 Å². The van der Waals surface area contributed by atoms with Gasteiger partial charge in [0.25, 0.3) is 0 Å². The van der Waals surface area contributed by atoms with E-state index >= 15 is 0 Å². The number of anilines is 3. The number of nitrogens with two attached hydrogens (primary N) is 1. The molecule has 4 heteroatoms. The monoisotopic (exact) mass is 258 g/mol. The fraction of sp³-hybridized carbons (Fsp3) is 0.133. The van der Waals surface area contributed by atoms with Crippen LogP contribution in [-0.2, 0) is 0 Å². The third kappa shape index (κ3) is 2.57. The van der Waals surface area contributed by atoms with Crippen LogP contribution in [0, 0.1) is 5.82 Å². The van der Waals surface area contributed by atoms with Crippen molar-refractivity contribution in [2.24, 2.45) is 0 Å². The van der Waals surface area contributed by atoms with E-state index in [-0.39, 0.29) is 11.6 Å². The zero-order valence-electron chi connectivity index (χ0n) is 10.9. The number of para-hydroxylation sites is 1. The summed E-state index contributed by atoms with van der Waals surface area (Å²) in [6.07, 6.45) is 0. The first kappa shape index (κ1) is 13.1. The number of nitrogen functional groups attached to an aromatic ring is 1. The smallest absolute Gasteiger partial charge is 0.161 e. The molecule has 0 saturated heterocycles. The van der Waals surface area contributed by atoms with Gasteiger partial charge in [-0.15, -0.1) is 0 Å². The Bertz CT molecular complexity index is 625. The predicted octanol–water partition coefficient (Wildman–Crippen LogP) is 3.38. The number of Topliss-reactive ketones (excluding diaryl/α,β-unsaturated/α-hetero) is 1. The minimum atomic E-state index is -0.306. The van der Waals surface area contributed by atoms with Crippen molar-refractivity contribution >= 4 is 22.8 Å². The highest BCUT2D eigenvalue weighted by molar-refractivity contribution is 5.99. The molecule has 98 valence electrons. The number of ketones is 1. The number of carbonyl (C=O) groups excluding carboxylic acids is 1. The summed E-state index contributed by atoms with van der Waals surface area (Å²) in [6.45, 7) is 1.46. The third-order valence-electron chi connectivity index (χ3n) is 3.02. The molecule has 0 aromatic heterocycles. The molecule has 0 heterocycles. The Morgan fingerprint density at radius 2 is 1.89 bits per heavy atom. The lowest BCUT2D eigenvalue weighted by Crippen LogP contribution is -2.12. The molecule has 0 bridgehead atoms. The van der Waals surface area contributed by atoms with Gasteiger partial charge in [-0.25, -0.2) is 4.39 Å². The van der Waals surface area contributed by atoms with Crippen molar-refractivity contribution < 1.29 is 9.18 Å². The van der Waals surface area contributed by atoms with Crippen LogP contribution in [0.3, 0.4) is 0 Å². The van der Waals surface area contributed by atoms with E-state index in [4.69, 9.17) is 5.73 Å². The van der Waals surface area contributed by atoms with Gasteiger partial charge in [0.2, 0.25) is 0 Å². The summed E-state index contributed by atoms with van der Waals surface area (Å²) < 4.78 is 13.7. The van der Waals surface area contributed by atoms with Gasteiger partial charge in [-0.1, -0.05) is 12.1 Å². The molecular formula is C15H15FN2O. The fourth-order valence-electron chi connectivity index (χ4n) is 1.94. The van der Waals surface area contributed by atoms with Crippen LogP contribution in [0.25, 0.3) is 0 Å². The molecule has 19 heavy (non-hydrogen) atoms. The molecule has 0 amide bonds. The van der Waals surface area contributed by atoms with Gasteiger partial charge in [-0.2, -0.15) is 0 Å². The molecule has 0 aliphatic heterocycles. The van der Waals surface area contributed by atoms with E-state index in [1.807, 2.05) is 0 Å². The van der Waals surface area contributed by atoms with Crippen LogP contribution in [0.2, 0.25) is 0 Å². The largest absolute Gasteiger partial charge is 0.398 e. The van der Waals surface area contributed by atoms with Gasteiger partial charge in [0.15, 0.2) is 5.78 Å². The van der Waals surface area contributed by atoms with Crippen LogP contribution in [0.1, 0.15) is 17.3 Å². The first-order chi connectivity index (χ1) is 9.00. The Kier molecular flexibility index (Phi) is 3.51. The minimum Gasteiger partial charge on any atom is -0.398 e. The Hall–Kier alpha value is -2.36. The van der Waals surface area contributed by atoms with Gasteiger partial charge in [0, 0.05) is 24.0 Å². The molecule has 2 aromatic carbocycles. The number of hydrogen-bond acceptors (Lipinski definition) is 3. The summed E-state index contributed by atoms with van der Waals surface area (Å²) in [5, 5.41) is 0. The van der Waals surface area contributed by atoms with Crippen molar-refractivity contribution in [2.75, 3.05) is 17.7 Å². The quantitative estimate of drug-likeness (QED) is 0.678. The number of nitrogens with zero attached hydrogens (tertiary/aromatic N) is 1. The molecule has 2 aromatic rings. The van der Waals surface area contributed by atoms with E-state index in [1.54, 1.807) is 48.3 Å². The number of rotatable bonds is 3. The first-order valence-electron chi connectivity index (χ1n) is 5.89. The molecule has 0 radical (unpaired) electrons. The zero-order chi connectivity index (χ0) is 14.0. The highest BCUT2D eigenvalue weighted by Gasteiger charge is 2.11. The molecule has 3 nitrogen and oxygen atoms in total. The maximum absolute atomic E-state index is 13.7. The van der Waals surface area contributed by atoms with E-state index in [0.717, 1.165) is 5.69 Å². The topological polar surface area (TPSA) is 46.3 Å². The number of benzene rings is 2. The van der Waals surface area contributed by atoms with E-state index in [9.17, 15) is 9.18 Å². The summed E-state index contributed by atoms with van der Waals surface area (Å²) in [6, 6.07) is 11.6. The highest BCUT2D eigenvalue weighted by atomic mass is 19.1. The van der Waals surface area contributed by atoms with Gasteiger partial charge in [0.1, 0.15) is 5.82 Å². The van der Waals surface area contributed by atoms with E-state index in [0.29, 0.717) is 16.9 Å². The van der Waals surface area contributed by atoms with Crippen molar-refractivity contribution in [1.82, 2.24) is 0 Å². The molecule has 0 fully saturated rings. The average molecular weight is 258 g/mol. The standard InChI is InChI=1S/C15H15FN2O/c1-10(19)12-8-7-11(9-14(12)17)18(2)15-6-4-3-5-13(15)16/h3-9H,17H2,1-2H3. The average Bonchev–Trinajstić information content (AvgIpc) is 2.38. The highest BCUT2D eigenvalue weighted by Crippen LogP contribution is 2.28. The van der Waals surface area contributed by atoms with Crippen molar-refractivity contribution in [3.63, 3.8) is 0 Å². The van der Waals surface area contributed by atoms with Crippen molar-refractivity contribution in [1.29, 1.82) is 0 Å². The van der Waals surface area contributed by atoms with Crippen LogP contribution < -0.4 is 10.6 Å². The van der Waals surface area contributed by atoms with Crippen LogP contribution >= 0.6 is 0 Å². The van der Waals surface area contributed by atoms with E-state index < -0.39 is 0 Å². The second kappa shape index (κ2) is 5.10. The summed E-state index contributed by atoms with van der Waals surface area (Å²) in [5.74, 6) is -0.392. The minimum absolute atomic E-state index is 0.0856. The SMILES string of the molecule is CC(=O)c1ccc(N(C)c2ccccc2F)cc1N. The number of halogens is 1. The van der Waals surface area contributed by atoms with Gasteiger partial charge in [-0.05, 0) is 37.3 Å². The molecule has 2 N–H and O–H groups in total. The lowest BCUT2D eigenvalue weighted by Gasteiger charge is -2.21. The second-order valence-electron chi connectivity index (χ2n) is 4.34. The van der Waals surface area contributed by atoms with Gasteiger partial charge >= 0.3 is 0 Å². The number of carbonyl (C=O) groups is 1. The Labute approximate surface area is 111 Å². The Morgan fingerprint density at radius 3 is 2.47 bits per heavy atom. The summed E-state index contributed by atoms with van der Waals surface area (Å²) in [7, 11) is 1.75. The molecule has 0 saturated carbocycles. The van der Waals surface area contributed by atoms with Gasteiger partial charge in [0.05, 0.1) is 5.69 Å². The third-order valence-corrected chi connectivity index (χ3v) is 3.02. The Balaban J connectivity index is 2.40.